The van der Waals surface area contributed by atoms with Gasteiger partial charge in [0.05, 0.1) is 11.4 Å². The topological polar surface area (TPSA) is 56.1 Å². The Balaban J connectivity index is 1.43. The number of aliphatic hydroxyl groups is 1. The van der Waals surface area contributed by atoms with Crippen LogP contribution < -0.4 is 0 Å². The van der Waals surface area contributed by atoms with E-state index in [0.717, 1.165) is 35.8 Å². The third kappa shape index (κ3) is 4.12. The van der Waals surface area contributed by atoms with Crippen molar-refractivity contribution in [2.24, 2.45) is 10.9 Å². The van der Waals surface area contributed by atoms with Gasteiger partial charge in [-0.25, -0.2) is 4.99 Å². The fourth-order valence-corrected chi connectivity index (χ4v) is 6.55. The van der Waals surface area contributed by atoms with Crippen molar-refractivity contribution in [1.82, 2.24) is 9.80 Å². The molecule has 1 saturated heterocycles. The predicted molar refractivity (Wildman–Crippen MR) is 148 cm³/mol. The molecule has 2 heterocycles. The molecule has 1 saturated carbocycles. The molecule has 0 bridgehead atoms. The van der Waals surface area contributed by atoms with Gasteiger partial charge in [0.1, 0.15) is 5.25 Å². The second kappa shape index (κ2) is 9.75. The molecule has 1 atom stereocenters. The van der Waals surface area contributed by atoms with Crippen molar-refractivity contribution in [1.29, 1.82) is 0 Å². The smallest absolute Gasteiger partial charge is 0.240 e. The van der Waals surface area contributed by atoms with Gasteiger partial charge in [0.2, 0.25) is 5.91 Å². The maximum atomic E-state index is 13.7. The van der Waals surface area contributed by atoms with Crippen molar-refractivity contribution >= 4 is 45.0 Å². The largest absolute Gasteiger partial charge is 0.396 e. The van der Waals surface area contributed by atoms with Gasteiger partial charge in [0.15, 0.2) is 5.17 Å². The molecule has 1 unspecified atom stereocenters. The first-order valence-corrected chi connectivity index (χ1v) is 13.8. The number of carbonyl (C=O) groups excluding carboxylic acids is 1. The standard InChI is InChI=1S/C30H31N3O2S/c1-2-33-27(21-13-8-14-21)25-15-23-11-6-7-12-24(23)16-26(25)31-30(33)36-28(22-9-4-3-5-10-22)29(35)32-17-20(18-32)19-34/h3-7,9-12,15-16,20,28,34H,2,8,13-14,17-19H2,1H3. The number of carbonyl (C=O) groups is 1. The quantitative estimate of drug-likeness (QED) is 0.471. The van der Waals surface area contributed by atoms with Crippen molar-refractivity contribution in [2.45, 2.75) is 31.4 Å². The number of amides is 1. The molecule has 0 aromatic heterocycles. The molecule has 1 aliphatic carbocycles. The minimum atomic E-state index is -0.381. The van der Waals surface area contributed by atoms with E-state index in [1.165, 1.54) is 34.0 Å². The minimum Gasteiger partial charge on any atom is -0.396 e. The molecule has 6 rings (SSSR count). The first-order valence-electron chi connectivity index (χ1n) is 12.9. The van der Waals surface area contributed by atoms with Crippen molar-refractivity contribution in [3.05, 3.63) is 83.4 Å². The number of thioether (sulfide) groups is 1. The van der Waals surface area contributed by atoms with Gasteiger partial charge in [-0.3, -0.25) is 4.79 Å². The van der Waals surface area contributed by atoms with E-state index in [9.17, 15) is 9.90 Å². The summed E-state index contributed by atoms with van der Waals surface area (Å²) >= 11 is 1.56. The zero-order valence-electron chi connectivity index (χ0n) is 20.6. The molecule has 0 radical (unpaired) electrons. The lowest BCUT2D eigenvalue weighted by atomic mass is 9.86. The molecule has 1 amide bonds. The van der Waals surface area contributed by atoms with E-state index in [1.807, 2.05) is 35.2 Å². The summed E-state index contributed by atoms with van der Waals surface area (Å²) in [6.07, 6.45) is 3.46. The van der Waals surface area contributed by atoms with E-state index in [1.54, 1.807) is 11.8 Å². The van der Waals surface area contributed by atoms with E-state index in [2.05, 4.69) is 48.2 Å². The highest BCUT2D eigenvalue weighted by molar-refractivity contribution is 8.14. The SMILES string of the molecule is CCN1C(SC(C(=O)N2CC(CO)C2)c2ccccc2)=Nc2cc3ccccc3cc2C1=C1CCC1. The Kier molecular flexibility index (Phi) is 6.32. The lowest BCUT2D eigenvalue weighted by Crippen LogP contribution is -2.52. The summed E-state index contributed by atoms with van der Waals surface area (Å²) in [5.74, 6) is 0.279. The maximum Gasteiger partial charge on any atom is 0.240 e. The van der Waals surface area contributed by atoms with Gasteiger partial charge in [-0.05, 0) is 60.2 Å². The highest BCUT2D eigenvalue weighted by atomic mass is 32.2. The van der Waals surface area contributed by atoms with Crippen molar-refractivity contribution in [2.75, 3.05) is 26.2 Å². The Hall–Kier alpha value is -3.09. The van der Waals surface area contributed by atoms with Gasteiger partial charge >= 0.3 is 0 Å². The molecule has 1 N–H and O–H groups in total. The van der Waals surface area contributed by atoms with Gasteiger partial charge in [-0.2, -0.15) is 0 Å². The summed E-state index contributed by atoms with van der Waals surface area (Å²) in [6.45, 7) is 4.33. The average Bonchev–Trinajstić information content (AvgIpc) is 2.85. The number of aliphatic imine (C=N–C) groups is 1. The van der Waals surface area contributed by atoms with Gasteiger partial charge in [0, 0.05) is 37.7 Å². The zero-order valence-corrected chi connectivity index (χ0v) is 21.4. The summed E-state index contributed by atoms with van der Waals surface area (Å²) < 4.78 is 0. The number of rotatable bonds is 5. The van der Waals surface area contributed by atoms with Gasteiger partial charge in [-0.1, -0.05) is 66.4 Å². The predicted octanol–water partition coefficient (Wildman–Crippen LogP) is 5.98. The number of nitrogens with zero attached hydrogens (tertiary/aromatic N) is 3. The third-order valence-electron chi connectivity index (χ3n) is 7.52. The Morgan fingerprint density at radius 3 is 2.39 bits per heavy atom. The Bertz CT molecular complexity index is 1360. The molecular weight excluding hydrogens is 466 g/mol. The van der Waals surface area contributed by atoms with E-state index < -0.39 is 0 Å². The van der Waals surface area contributed by atoms with Gasteiger partial charge in [-0.15, -0.1) is 0 Å². The number of hydrogen-bond donors (Lipinski definition) is 1. The molecule has 36 heavy (non-hydrogen) atoms. The Morgan fingerprint density at radius 2 is 1.75 bits per heavy atom. The van der Waals surface area contributed by atoms with Crippen LogP contribution in [0.1, 0.15) is 42.6 Å². The van der Waals surface area contributed by atoms with Crippen LogP contribution in [0.4, 0.5) is 5.69 Å². The number of allylic oxidation sites excluding steroid dienone is 1. The summed E-state index contributed by atoms with van der Waals surface area (Å²) in [5, 5.41) is 12.4. The molecule has 0 spiro atoms. The number of hydrogen-bond acceptors (Lipinski definition) is 5. The molecule has 184 valence electrons. The van der Waals surface area contributed by atoms with E-state index >= 15 is 0 Å². The van der Waals surface area contributed by atoms with Crippen LogP contribution in [0.25, 0.3) is 16.5 Å². The molecular formula is C30H31N3O2S. The minimum absolute atomic E-state index is 0.0943. The number of fused-ring (bicyclic) bond motifs is 2. The number of aliphatic hydroxyl groups excluding tert-OH is 1. The average molecular weight is 498 g/mol. The fourth-order valence-electron chi connectivity index (χ4n) is 5.30. The van der Waals surface area contributed by atoms with Crippen LogP contribution in [0.15, 0.2) is 77.3 Å². The molecule has 3 aliphatic rings. The van der Waals surface area contributed by atoms with E-state index in [0.29, 0.717) is 13.1 Å². The summed E-state index contributed by atoms with van der Waals surface area (Å²) in [4.78, 5) is 23.1. The summed E-state index contributed by atoms with van der Waals surface area (Å²) in [6, 6.07) is 23.0. The summed E-state index contributed by atoms with van der Waals surface area (Å²) in [5.41, 5.74) is 5.94. The molecule has 2 aliphatic heterocycles. The van der Waals surface area contributed by atoms with Crippen LogP contribution in [0.5, 0.6) is 0 Å². The lowest BCUT2D eigenvalue weighted by molar-refractivity contribution is -0.137. The highest BCUT2D eigenvalue weighted by Gasteiger charge is 2.38. The normalized spacial score (nSPS) is 18.4. The van der Waals surface area contributed by atoms with Crippen LogP contribution in [-0.4, -0.2) is 52.2 Å². The van der Waals surface area contributed by atoms with E-state index in [4.69, 9.17) is 4.99 Å². The molecule has 5 nitrogen and oxygen atoms in total. The molecule has 3 aromatic rings. The van der Waals surface area contributed by atoms with Gasteiger partial charge < -0.3 is 14.9 Å². The monoisotopic (exact) mass is 497 g/mol. The molecule has 2 fully saturated rings. The zero-order chi connectivity index (χ0) is 24.6. The van der Waals surface area contributed by atoms with Crippen LogP contribution >= 0.6 is 11.8 Å². The fraction of sp³-hybridized carbons (Fsp3) is 0.333. The maximum absolute atomic E-state index is 13.7. The van der Waals surface area contributed by atoms with Crippen molar-refractivity contribution in [3.8, 4) is 0 Å². The second-order valence-corrected chi connectivity index (χ2v) is 10.9. The van der Waals surface area contributed by atoms with Crippen molar-refractivity contribution < 1.29 is 9.90 Å². The highest BCUT2D eigenvalue weighted by Crippen LogP contribution is 2.46. The third-order valence-corrected chi connectivity index (χ3v) is 8.75. The Labute approximate surface area is 216 Å². The first-order chi connectivity index (χ1) is 17.7. The first kappa shape index (κ1) is 23.3. The molecule has 3 aromatic carbocycles. The Morgan fingerprint density at radius 1 is 1.06 bits per heavy atom. The number of amidine groups is 1. The summed E-state index contributed by atoms with van der Waals surface area (Å²) in [7, 11) is 0. The number of likely N-dealkylation sites (tertiary alicyclic amines) is 1. The second-order valence-electron chi connectivity index (χ2n) is 9.86. The van der Waals surface area contributed by atoms with Crippen LogP contribution in [0.2, 0.25) is 0 Å². The molecule has 6 heteroatoms. The van der Waals surface area contributed by atoms with Crippen LogP contribution in [0.3, 0.4) is 0 Å². The number of benzene rings is 3. The van der Waals surface area contributed by atoms with Crippen LogP contribution in [0, 0.1) is 5.92 Å². The lowest BCUT2D eigenvalue weighted by Gasteiger charge is -2.41. The van der Waals surface area contributed by atoms with Crippen molar-refractivity contribution in [3.63, 3.8) is 0 Å². The van der Waals surface area contributed by atoms with Gasteiger partial charge in [0.25, 0.3) is 0 Å². The van der Waals surface area contributed by atoms with E-state index in [-0.39, 0.29) is 23.7 Å². The van der Waals surface area contributed by atoms with Crippen LogP contribution in [-0.2, 0) is 4.79 Å².